The van der Waals surface area contributed by atoms with Gasteiger partial charge in [-0.3, -0.25) is 9.62 Å². The van der Waals surface area contributed by atoms with Crippen LogP contribution in [0.1, 0.15) is 13.3 Å². The molecule has 0 aromatic rings. The molecule has 1 aliphatic rings. The normalized spacial score (nSPS) is 24.9. The van der Waals surface area contributed by atoms with Crippen molar-refractivity contribution in [1.82, 2.24) is 9.62 Å². The fourth-order valence-corrected chi connectivity index (χ4v) is 1.89. The number of morpholine rings is 1. The maximum Gasteiger partial charge on any atom is 0.0715 e. The Bertz CT molecular complexity index is 135. The topological polar surface area (TPSA) is 24.5 Å². The monoisotopic (exact) mass is 204 g/mol. The van der Waals surface area contributed by atoms with Gasteiger partial charge in [0.25, 0.3) is 0 Å². The third kappa shape index (κ3) is 4.31. The van der Waals surface area contributed by atoms with Crippen molar-refractivity contribution in [2.45, 2.75) is 19.4 Å². The molecule has 0 aromatic heterocycles. The van der Waals surface area contributed by atoms with Crippen LogP contribution in [-0.2, 0) is 4.74 Å². The van der Waals surface area contributed by atoms with Crippen LogP contribution < -0.4 is 4.72 Å². The van der Waals surface area contributed by atoms with Crippen molar-refractivity contribution in [1.29, 1.82) is 0 Å². The lowest BCUT2D eigenvalue weighted by Gasteiger charge is -2.32. The first-order valence-corrected chi connectivity index (χ1v) is 6.19. The summed E-state index contributed by atoms with van der Waals surface area (Å²) in [6, 6.07) is 0. The number of hydrogen-bond acceptors (Lipinski definition) is 4. The van der Waals surface area contributed by atoms with Crippen LogP contribution in [0.25, 0.3) is 0 Å². The van der Waals surface area contributed by atoms with Crippen molar-refractivity contribution in [2.24, 2.45) is 0 Å². The molecule has 1 aliphatic heterocycles. The maximum atomic E-state index is 5.67. The second-order valence-corrected chi connectivity index (χ2v) is 3.97. The largest absolute Gasteiger partial charge is 0.376 e. The molecule has 0 aromatic carbocycles. The van der Waals surface area contributed by atoms with E-state index in [4.69, 9.17) is 4.74 Å². The Labute approximate surface area is 85.3 Å². The number of hydrogen-bond donors (Lipinski definition) is 1. The van der Waals surface area contributed by atoms with E-state index in [-0.39, 0.29) is 0 Å². The minimum absolute atomic E-state index is 0.438. The van der Waals surface area contributed by atoms with Crippen molar-refractivity contribution in [2.75, 3.05) is 39.0 Å². The summed E-state index contributed by atoms with van der Waals surface area (Å²) in [6.07, 6.45) is 3.62. The van der Waals surface area contributed by atoms with E-state index in [0.717, 1.165) is 39.2 Å². The zero-order valence-corrected chi connectivity index (χ0v) is 9.40. The van der Waals surface area contributed by atoms with Gasteiger partial charge in [0, 0.05) is 19.6 Å². The van der Waals surface area contributed by atoms with E-state index in [1.165, 1.54) is 0 Å². The standard InChI is InChI=1S/C9H20N2OS/c1-3-11-6-7-12-9(8-11)4-5-10-13-2/h9-10H,3-8H2,1-2H3/t9-/m0/s1. The lowest BCUT2D eigenvalue weighted by atomic mass is 10.2. The summed E-state index contributed by atoms with van der Waals surface area (Å²) < 4.78 is 8.91. The molecular formula is C9H20N2OS. The van der Waals surface area contributed by atoms with Gasteiger partial charge in [0.1, 0.15) is 0 Å². The minimum Gasteiger partial charge on any atom is -0.376 e. The van der Waals surface area contributed by atoms with Crippen molar-refractivity contribution in [3.05, 3.63) is 0 Å². The van der Waals surface area contributed by atoms with Gasteiger partial charge in [0.2, 0.25) is 0 Å². The first kappa shape index (κ1) is 11.3. The molecule has 1 N–H and O–H groups in total. The molecule has 1 fully saturated rings. The van der Waals surface area contributed by atoms with Gasteiger partial charge in [-0.25, -0.2) is 0 Å². The lowest BCUT2D eigenvalue weighted by molar-refractivity contribution is -0.0292. The smallest absolute Gasteiger partial charge is 0.0715 e. The fourth-order valence-electron chi connectivity index (χ4n) is 1.56. The molecule has 0 radical (unpaired) electrons. The van der Waals surface area contributed by atoms with Crippen LogP contribution in [0, 0.1) is 0 Å². The van der Waals surface area contributed by atoms with Gasteiger partial charge in [-0.2, -0.15) is 0 Å². The number of likely N-dealkylation sites (N-methyl/N-ethyl adjacent to an activating group) is 1. The summed E-state index contributed by atoms with van der Waals surface area (Å²) in [5, 5.41) is 0. The van der Waals surface area contributed by atoms with Crippen molar-refractivity contribution < 1.29 is 4.74 Å². The summed E-state index contributed by atoms with van der Waals surface area (Å²) in [5.74, 6) is 0. The summed E-state index contributed by atoms with van der Waals surface area (Å²) in [7, 11) is 0. The molecule has 3 nitrogen and oxygen atoms in total. The Morgan fingerprint density at radius 2 is 2.46 bits per heavy atom. The second kappa shape index (κ2) is 6.65. The number of nitrogens with zero attached hydrogens (tertiary/aromatic N) is 1. The van der Waals surface area contributed by atoms with Crippen molar-refractivity contribution >= 4 is 11.9 Å². The molecule has 0 saturated carbocycles. The zero-order chi connectivity index (χ0) is 9.52. The summed E-state index contributed by atoms with van der Waals surface area (Å²) in [6.45, 7) is 7.51. The maximum absolute atomic E-state index is 5.67. The van der Waals surface area contributed by atoms with Crippen LogP contribution in [0.3, 0.4) is 0 Å². The molecule has 1 atom stereocenters. The molecule has 4 heteroatoms. The van der Waals surface area contributed by atoms with Gasteiger partial charge in [0.15, 0.2) is 0 Å². The first-order valence-electron chi connectivity index (χ1n) is 4.96. The van der Waals surface area contributed by atoms with Crippen LogP contribution in [0.5, 0.6) is 0 Å². The molecule has 0 bridgehead atoms. The van der Waals surface area contributed by atoms with Gasteiger partial charge < -0.3 is 4.74 Å². The van der Waals surface area contributed by atoms with E-state index < -0.39 is 0 Å². The molecule has 1 saturated heterocycles. The van der Waals surface area contributed by atoms with Gasteiger partial charge in [-0.15, -0.1) is 0 Å². The fraction of sp³-hybridized carbons (Fsp3) is 1.00. The van der Waals surface area contributed by atoms with Gasteiger partial charge in [-0.1, -0.05) is 18.9 Å². The molecule has 13 heavy (non-hydrogen) atoms. The van der Waals surface area contributed by atoms with Crippen LogP contribution in [0.2, 0.25) is 0 Å². The van der Waals surface area contributed by atoms with Crippen LogP contribution >= 0.6 is 11.9 Å². The molecule has 0 aliphatic carbocycles. The second-order valence-electron chi connectivity index (χ2n) is 3.27. The number of rotatable bonds is 5. The van der Waals surface area contributed by atoms with Crippen molar-refractivity contribution in [3.63, 3.8) is 0 Å². The lowest BCUT2D eigenvalue weighted by Crippen LogP contribution is -2.42. The van der Waals surface area contributed by atoms with Gasteiger partial charge in [-0.05, 0) is 19.2 Å². The number of ether oxygens (including phenoxy) is 1. The predicted molar refractivity (Wildman–Crippen MR) is 58.0 cm³/mol. The molecule has 0 amide bonds. The van der Waals surface area contributed by atoms with Crippen molar-refractivity contribution in [3.8, 4) is 0 Å². The highest BCUT2D eigenvalue weighted by Crippen LogP contribution is 2.07. The summed E-state index contributed by atoms with van der Waals surface area (Å²) in [5.41, 5.74) is 0. The molecule has 1 rings (SSSR count). The average Bonchev–Trinajstić information content (AvgIpc) is 2.19. The van der Waals surface area contributed by atoms with E-state index in [2.05, 4.69) is 22.8 Å². The molecular weight excluding hydrogens is 184 g/mol. The molecule has 1 heterocycles. The SMILES string of the molecule is CCN1CCO[C@@H](CCNSC)C1. The van der Waals surface area contributed by atoms with Crippen LogP contribution in [0.4, 0.5) is 0 Å². The highest BCUT2D eigenvalue weighted by molar-refractivity contribution is 7.96. The Hall–Kier alpha value is 0.230. The van der Waals surface area contributed by atoms with E-state index >= 15 is 0 Å². The summed E-state index contributed by atoms with van der Waals surface area (Å²) in [4.78, 5) is 2.45. The average molecular weight is 204 g/mol. The third-order valence-electron chi connectivity index (χ3n) is 2.38. The molecule has 0 unspecified atom stereocenters. The quantitative estimate of drug-likeness (QED) is 0.533. The van der Waals surface area contributed by atoms with Crippen LogP contribution in [0.15, 0.2) is 0 Å². The Kier molecular flexibility index (Phi) is 5.78. The van der Waals surface area contributed by atoms with E-state index in [0.29, 0.717) is 6.10 Å². The van der Waals surface area contributed by atoms with Crippen LogP contribution in [-0.4, -0.2) is 50.0 Å². The predicted octanol–water partition coefficient (Wildman–Crippen LogP) is 0.965. The Morgan fingerprint density at radius 1 is 1.62 bits per heavy atom. The molecule has 78 valence electrons. The van der Waals surface area contributed by atoms with E-state index in [1.54, 1.807) is 11.9 Å². The zero-order valence-electron chi connectivity index (χ0n) is 8.58. The van der Waals surface area contributed by atoms with Gasteiger partial charge in [0.05, 0.1) is 12.7 Å². The minimum atomic E-state index is 0.438. The Morgan fingerprint density at radius 3 is 3.15 bits per heavy atom. The highest BCUT2D eigenvalue weighted by atomic mass is 32.2. The van der Waals surface area contributed by atoms with E-state index in [9.17, 15) is 0 Å². The highest BCUT2D eigenvalue weighted by Gasteiger charge is 2.18. The number of nitrogens with one attached hydrogen (secondary N) is 1. The van der Waals surface area contributed by atoms with Gasteiger partial charge >= 0.3 is 0 Å². The first-order chi connectivity index (χ1) is 6.36. The van der Waals surface area contributed by atoms with E-state index in [1.807, 2.05) is 0 Å². The Balaban J connectivity index is 2.11. The summed E-state index contributed by atoms with van der Waals surface area (Å²) >= 11 is 1.68. The molecule has 0 spiro atoms. The third-order valence-corrected chi connectivity index (χ3v) is 2.88.